The van der Waals surface area contributed by atoms with Gasteiger partial charge in [0, 0.05) is 6.54 Å². The molecule has 2 aromatic carbocycles. The smallest absolute Gasteiger partial charge is 0.243 e. The van der Waals surface area contributed by atoms with Crippen molar-refractivity contribution in [3.63, 3.8) is 0 Å². The highest BCUT2D eigenvalue weighted by atomic mass is 32.2. The molecule has 0 aromatic heterocycles. The SMILES string of the molecule is CCCOc1ccc(CNS(=O)(=O)c2cc(C(=O)[O-])ccc2F)cc1. The quantitative estimate of drug-likeness (QED) is 0.763. The Morgan fingerprint density at radius 3 is 2.48 bits per heavy atom. The molecular formula is C17H17FNO5S-. The van der Waals surface area contributed by atoms with E-state index in [4.69, 9.17) is 4.74 Å². The van der Waals surface area contributed by atoms with Crippen LogP contribution in [0, 0.1) is 5.82 Å². The first-order valence-electron chi connectivity index (χ1n) is 7.56. The summed E-state index contributed by atoms with van der Waals surface area (Å²) < 4.78 is 45.9. The lowest BCUT2D eigenvalue weighted by molar-refractivity contribution is -0.255. The first-order chi connectivity index (χ1) is 11.8. The highest BCUT2D eigenvalue weighted by Crippen LogP contribution is 2.17. The number of sulfonamides is 1. The molecule has 1 N–H and O–H groups in total. The number of carboxylic acids is 1. The number of carbonyl (C=O) groups is 1. The Labute approximate surface area is 145 Å². The number of benzene rings is 2. The van der Waals surface area contributed by atoms with Gasteiger partial charge in [0.2, 0.25) is 10.0 Å². The number of ether oxygens (including phenoxy) is 1. The van der Waals surface area contributed by atoms with Crippen molar-refractivity contribution >= 4 is 16.0 Å². The Morgan fingerprint density at radius 2 is 1.88 bits per heavy atom. The predicted octanol–water partition coefficient (Wildman–Crippen LogP) is 1.46. The van der Waals surface area contributed by atoms with Gasteiger partial charge >= 0.3 is 0 Å². The van der Waals surface area contributed by atoms with E-state index in [2.05, 4.69) is 4.72 Å². The van der Waals surface area contributed by atoms with Crippen LogP contribution in [0.25, 0.3) is 0 Å². The van der Waals surface area contributed by atoms with Crippen LogP contribution in [-0.2, 0) is 16.6 Å². The summed E-state index contributed by atoms with van der Waals surface area (Å²) in [6.45, 7) is 2.49. The zero-order chi connectivity index (χ0) is 18.4. The monoisotopic (exact) mass is 366 g/mol. The Morgan fingerprint density at radius 1 is 1.20 bits per heavy atom. The maximum Gasteiger partial charge on any atom is 0.243 e. The molecule has 0 heterocycles. The molecule has 25 heavy (non-hydrogen) atoms. The molecule has 0 atom stereocenters. The zero-order valence-electron chi connectivity index (χ0n) is 13.5. The molecule has 0 aliphatic heterocycles. The molecule has 0 radical (unpaired) electrons. The summed E-state index contributed by atoms with van der Waals surface area (Å²) in [6.07, 6.45) is 0.873. The first-order valence-corrected chi connectivity index (χ1v) is 9.04. The summed E-state index contributed by atoms with van der Waals surface area (Å²) in [6, 6.07) is 9.23. The van der Waals surface area contributed by atoms with E-state index < -0.39 is 32.3 Å². The van der Waals surface area contributed by atoms with Crippen molar-refractivity contribution in [2.24, 2.45) is 0 Å². The van der Waals surface area contributed by atoms with Gasteiger partial charge in [0.25, 0.3) is 0 Å². The maximum absolute atomic E-state index is 13.8. The van der Waals surface area contributed by atoms with Gasteiger partial charge < -0.3 is 14.6 Å². The van der Waals surface area contributed by atoms with Gasteiger partial charge in [-0.15, -0.1) is 0 Å². The Hall–Kier alpha value is -2.45. The number of nitrogens with one attached hydrogen (secondary N) is 1. The average Bonchev–Trinajstić information content (AvgIpc) is 2.59. The van der Waals surface area contributed by atoms with Gasteiger partial charge in [0.05, 0.1) is 12.6 Å². The molecular weight excluding hydrogens is 349 g/mol. The number of carboxylic acid groups (broad SMARTS) is 1. The lowest BCUT2D eigenvalue weighted by Gasteiger charge is -2.11. The lowest BCUT2D eigenvalue weighted by atomic mass is 10.2. The first kappa shape index (κ1) is 18.9. The standard InChI is InChI=1S/C17H18FNO5S/c1-2-9-24-14-6-3-12(4-7-14)11-19-25(22,23)16-10-13(17(20)21)5-8-15(16)18/h3-8,10,19H,2,9,11H2,1H3,(H,20,21)/p-1. The van der Waals surface area contributed by atoms with Crippen LogP contribution in [0.5, 0.6) is 5.75 Å². The second kappa shape index (κ2) is 8.09. The minimum atomic E-state index is -4.22. The molecule has 8 heteroatoms. The summed E-state index contributed by atoms with van der Waals surface area (Å²) in [5, 5.41) is 10.8. The topological polar surface area (TPSA) is 95.5 Å². The lowest BCUT2D eigenvalue weighted by Crippen LogP contribution is -2.26. The third-order valence-electron chi connectivity index (χ3n) is 3.32. The average molecular weight is 366 g/mol. The molecule has 0 aliphatic carbocycles. The fraction of sp³-hybridized carbons (Fsp3) is 0.235. The fourth-order valence-electron chi connectivity index (χ4n) is 2.02. The molecule has 0 bridgehead atoms. The van der Waals surface area contributed by atoms with Crippen molar-refractivity contribution in [3.8, 4) is 5.75 Å². The molecule has 134 valence electrons. The van der Waals surface area contributed by atoms with Crippen LogP contribution in [0.1, 0.15) is 29.3 Å². The molecule has 0 amide bonds. The second-order valence-corrected chi connectivity index (χ2v) is 6.98. The van der Waals surface area contributed by atoms with Crippen LogP contribution in [0.4, 0.5) is 4.39 Å². The molecule has 2 aromatic rings. The van der Waals surface area contributed by atoms with Gasteiger partial charge in [-0.1, -0.05) is 25.1 Å². The largest absolute Gasteiger partial charge is 0.545 e. The number of aromatic carboxylic acids is 1. The van der Waals surface area contributed by atoms with Crippen molar-refractivity contribution in [1.82, 2.24) is 4.72 Å². The number of hydrogen-bond acceptors (Lipinski definition) is 5. The molecule has 0 aliphatic rings. The Bertz CT molecular complexity index is 850. The molecule has 0 spiro atoms. The molecule has 0 saturated carbocycles. The van der Waals surface area contributed by atoms with Gasteiger partial charge in [-0.25, -0.2) is 17.5 Å². The van der Waals surface area contributed by atoms with Crippen LogP contribution < -0.4 is 14.6 Å². The van der Waals surface area contributed by atoms with Crippen molar-refractivity contribution in [2.75, 3.05) is 6.61 Å². The molecule has 0 fully saturated rings. The van der Waals surface area contributed by atoms with Crippen LogP contribution in [0.3, 0.4) is 0 Å². The Kier molecular flexibility index (Phi) is 6.11. The summed E-state index contributed by atoms with van der Waals surface area (Å²) in [5.41, 5.74) is 0.225. The molecule has 0 unspecified atom stereocenters. The highest BCUT2D eigenvalue weighted by Gasteiger charge is 2.19. The molecule has 0 saturated heterocycles. The zero-order valence-corrected chi connectivity index (χ0v) is 14.3. The van der Waals surface area contributed by atoms with Gasteiger partial charge in [0.15, 0.2) is 0 Å². The van der Waals surface area contributed by atoms with E-state index in [1.165, 1.54) is 0 Å². The van der Waals surface area contributed by atoms with Crippen molar-refractivity contribution < 1.29 is 27.4 Å². The van der Waals surface area contributed by atoms with E-state index in [-0.39, 0.29) is 6.54 Å². The summed E-state index contributed by atoms with van der Waals surface area (Å²) in [5.74, 6) is -1.96. The van der Waals surface area contributed by atoms with E-state index in [0.29, 0.717) is 17.9 Å². The third kappa shape index (κ3) is 5.01. The highest BCUT2D eigenvalue weighted by molar-refractivity contribution is 7.89. The minimum Gasteiger partial charge on any atom is -0.545 e. The maximum atomic E-state index is 13.8. The van der Waals surface area contributed by atoms with E-state index in [0.717, 1.165) is 24.6 Å². The molecule has 2 rings (SSSR count). The van der Waals surface area contributed by atoms with Gasteiger partial charge in [-0.3, -0.25) is 0 Å². The molecule has 6 nitrogen and oxygen atoms in total. The van der Waals surface area contributed by atoms with Gasteiger partial charge in [0.1, 0.15) is 16.5 Å². The number of hydrogen-bond donors (Lipinski definition) is 1. The number of carbonyl (C=O) groups excluding carboxylic acids is 1. The predicted molar refractivity (Wildman–Crippen MR) is 87.0 cm³/mol. The van der Waals surface area contributed by atoms with Crippen molar-refractivity contribution in [2.45, 2.75) is 24.8 Å². The normalized spacial score (nSPS) is 11.3. The summed E-state index contributed by atoms with van der Waals surface area (Å²) >= 11 is 0. The minimum absolute atomic E-state index is 0.0780. The second-order valence-electron chi connectivity index (χ2n) is 5.25. The fourth-order valence-corrected chi connectivity index (χ4v) is 3.13. The summed E-state index contributed by atoms with van der Waals surface area (Å²) in [4.78, 5) is 10.1. The van der Waals surface area contributed by atoms with Crippen LogP contribution in [-0.4, -0.2) is 21.0 Å². The van der Waals surface area contributed by atoms with Crippen molar-refractivity contribution in [1.29, 1.82) is 0 Å². The summed E-state index contributed by atoms with van der Waals surface area (Å²) in [7, 11) is -4.22. The van der Waals surface area contributed by atoms with E-state index >= 15 is 0 Å². The third-order valence-corrected chi connectivity index (χ3v) is 4.74. The number of rotatable bonds is 8. The van der Waals surface area contributed by atoms with Crippen LogP contribution in [0.15, 0.2) is 47.4 Å². The van der Waals surface area contributed by atoms with Gasteiger partial charge in [-0.2, -0.15) is 0 Å². The van der Waals surface area contributed by atoms with E-state index in [9.17, 15) is 22.7 Å². The van der Waals surface area contributed by atoms with E-state index in [1.807, 2.05) is 6.92 Å². The van der Waals surface area contributed by atoms with E-state index in [1.54, 1.807) is 24.3 Å². The van der Waals surface area contributed by atoms with Crippen molar-refractivity contribution in [3.05, 3.63) is 59.4 Å². The van der Waals surface area contributed by atoms with Gasteiger partial charge in [-0.05, 0) is 41.8 Å². The number of halogens is 1. The Balaban J connectivity index is 2.11. The van der Waals surface area contributed by atoms with Crippen LogP contribution in [0.2, 0.25) is 0 Å². The van der Waals surface area contributed by atoms with Crippen LogP contribution >= 0.6 is 0 Å².